The van der Waals surface area contributed by atoms with Crippen LogP contribution < -0.4 is 5.73 Å². The summed E-state index contributed by atoms with van der Waals surface area (Å²) in [5.41, 5.74) is 5.58. The molecule has 0 aromatic carbocycles. The van der Waals surface area contributed by atoms with E-state index >= 15 is 0 Å². The predicted molar refractivity (Wildman–Crippen MR) is 47.6 cm³/mol. The van der Waals surface area contributed by atoms with Gasteiger partial charge in [0.2, 0.25) is 0 Å². The molecule has 1 fully saturated rings. The highest BCUT2D eigenvalue weighted by Crippen LogP contribution is 2.02. The van der Waals surface area contributed by atoms with Gasteiger partial charge in [0.1, 0.15) is 0 Å². The van der Waals surface area contributed by atoms with Gasteiger partial charge < -0.3 is 10.6 Å². The first kappa shape index (κ1) is 8.97. The Balaban J connectivity index is 2.27. The van der Waals surface area contributed by atoms with Crippen molar-refractivity contribution in [2.24, 2.45) is 5.73 Å². The molecule has 0 radical (unpaired) electrons. The summed E-state index contributed by atoms with van der Waals surface area (Å²) in [5.74, 6) is 0. The van der Waals surface area contributed by atoms with Crippen LogP contribution in [-0.4, -0.2) is 55.6 Å². The van der Waals surface area contributed by atoms with Crippen LogP contribution in [0.15, 0.2) is 0 Å². The van der Waals surface area contributed by atoms with Gasteiger partial charge in [-0.15, -0.1) is 0 Å². The molecule has 66 valence electrons. The smallest absolute Gasteiger partial charge is 0.0191 e. The van der Waals surface area contributed by atoms with Crippen LogP contribution in [0.5, 0.6) is 0 Å². The predicted octanol–water partition coefficient (Wildman–Crippen LogP) is -0.419. The molecule has 3 heteroatoms. The average Bonchev–Trinajstić information content (AvgIpc) is 2.05. The molecule has 0 aromatic rings. The number of likely N-dealkylation sites (N-methyl/N-ethyl adjacent to an activating group) is 1. The van der Waals surface area contributed by atoms with Crippen molar-refractivity contribution in [3.05, 3.63) is 0 Å². The van der Waals surface area contributed by atoms with Gasteiger partial charge in [-0.05, 0) is 14.0 Å². The van der Waals surface area contributed by atoms with Crippen LogP contribution in [-0.2, 0) is 0 Å². The molecular formula is C8H19N3. The van der Waals surface area contributed by atoms with E-state index in [0.717, 1.165) is 6.54 Å². The van der Waals surface area contributed by atoms with Gasteiger partial charge in [-0.2, -0.15) is 0 Å². The van der Waals surface area contributed by atoms with Crippen molar-refractivity contribution in [2.45, 2.75) is 13.0 Å². The van der Waals surface area contributed by atoms with Gasteiger partial charge in [-0.1, -0.05) is 0 Å². The molecule has 1 atom stereocenters. The summed E-state index contributed by atoms with van der Waals surface area (Å²) >= 11 is 0. The lowest BCUT2D eigenvalue weighted by Gasteiger charge is -2.35. The Morgan fingerprint density at radius 3 is 2.27 bits per heavy atom. The second kappa shape index (κ2) is 4.04. The van der Waals surface area contributed by atoms with Crippen LogP contribution in [0.3, 0.4) is 0 Å². The fourth-order valence-corrected chi connectivity index (χ4v) is 1.41. The van der Waals surface area contributed by atoms with Crippen LogP contribution in [0.2, 0.25) is 0 Å². The Labute approximate surface area is 69.1 Å². The fraction of sp³-hybridized carbons (Fsp3) is 1.00. The molecule has 0 bridgehead atoms. The lowest BCUT2D eigenvalue weighted by atomic mass is 10.2. The van der Waals surface area contributed by atoms with Gasteiger partial charge in [0.25, 0.3) is 0 Å². The first-order valence-corrected chi connectivity index (χ1v) is 4.36. The van der Waals surface area contributed by atoms with Crippen molar-refractivity contribution >= 4 is 0 Å². The van der Waals surface area contributed by atoms with Gasteiger partial charge >= 0.3 is 0 Å². The summed E-state index contributed by atoms with van der Waals surface area (Å²) in [6.45, 7) is 7.70. The standard InChI is InChI=1S/C8H19N3/c1-8(7-9)11-5-3-10(2)4-6-11/h8H,3-7,9H2,1-2H3/t8-/m0/s1. The SMILES string of the molecule is C[C@@H](CN)N1CCN(C)CC1. The largest absolute Gasteiger partial charge is 0.329 e. The Bertz CT molecular complexity index is 108. The van der Waals surface area contributed by atoms with Crippen molar-refractivity contribution in [2.75, 3.05) is 39.8 Å². The zero-order chi connectivity index (χ0) is 8.27. The monoisotopic (exact) mass is 157 g/mol. The van der Waals surface area contributed by atoms with Crippen LogP contribution in [0.4, 0.5) is 0 Å². The summed E-state index contributed by atoms with van der Waals surface area (Å²) < 4.78 is 0. The maximum Gasteiger partial charge on any atom is 0.0191 e. The average molecular weight is 157 g/mol. The summed E-state index contributed by atoms with van der Waals surface area (Å²) in [4.78, 5) is 4.82. The maximum atomic E-state index is 5.58. The highest BCUT2D eigenvalue weighted by Gasteiger charge is 2.17. The van der Waals surface area contributed by atoms with E-state index in [1.54, 1.807) is 0 Å². The van der Waals surface area contributed by atoms with E-state index < -0.39 is 0 Å². The van der Waals surface area contributed by atoms with Gasteiger partial charge in [0.15, 0.2) is 0 Å². The van der Waals surface area contributed by atoms with Crippen LogP contribution >= 0.6 is 0 Å². The Kier molecular flexibility index (Phi) is 3.30. The van der Waals surface area contributed by atoms with E-state index in [4.69, 9.17) is 5.73 Å². The minimum atomic E-state index is 0.559. The third kappa shape index (κ3) is 2.43. The van der Waals surface area contributed by atoms with Crippen molar-refractivity contribution in [3.8, 4) is 0 Å². The van der Waals surface area contributed by atoms with Gasteiger partial charge in [-0.3, -0.25) is 4.90 Å². The third-order valence-electron chi connectivity index (χ3n) is 2.50. The molecule has 1 heterocycles. The highest BCUT2D eigenvalue weighted by molar-refractivity contribution is 4.74. The zero-order valence-corrected chi connectivity index (χ0v) is 7.58. The third-order valence-corrected chi connectivity index (χ3v) is 2.50. The van der Waals surface area contributed by atoms with E-state index in [9.17, 15) is 0 Å². The van der Waals surface area contributed by atoms with E-state index in [-0.39, 0.29) is 0 Å². The molecule has 1 aliphatic rings. The van der Waals surface area contributed by atoms with Crippen LogP contribution in [0.25, 0.3) is 0 Å². The first-order valence-electron chi connectivity index (χ1n) is 4.36. The minimum Gasteiger partial charge on any atom is -0.329 e. The Morgan fingerprint density at radius 1 is 1.27 bits per heavy atom. The van der Waals surface area contributed by atoms with E-state index in [2.05, 4.69) is 23.8 Å². The summed E-state index contributed by atoms with van der Waals surface area (Å²) in [5, 5.41) is 0. The summed E-state index contributed by atoms with van der Waals surface area (Å²) in [6, 6.07) is 0.559. The molecule has 11 heavy (non-hydrogen) atoms. The number of hydrogen-bond acceptors (Lipinski definition) is 3. The Morgan fingerprint density at radius 2 is 1.82 bits per heavy atom. The molecule has 1 saturated heterocycles. The number of piperazine rings is 1. The van der Waals surface area contributed by atoms with Gasteiger partial charge in [0.05, 0.1) is 0 Å². The molecule has 0 saturated carbocycles. The topological polar surface area (TPSA) is 32.5 Å². The van der Waals surface area contributed by atoms with E-state index in [1.165, 1.54) is 26.2 Å². The molecule has 0 spiro atoms. The molecule has 3 nitrogen and oxygen atoms in total. The van der Waals surface area contributed by atoms with E-state index in [0.29, 0.717) is 6.04 Å². The molecule has 0 aromatic heterocycles. The second-order valence-corrected chi connectivity index (χ2v) is 3.42. The summed E-state index contributed by atoms with van der Waals surface area (Å²) in [7, 11) is 2.17. The molecule has 0 aliphatic carbocycles. The molecule has 0 unspecified atom stereocenters. The summed E-state index contributed by atoms with van der Waals surface area (Å²) in [6.07, 6.45) is 0. The number of hydrogen-bond donors (Lipinski definition) is 1. The molecular weight excluding hydrogens is 138 g/mol. The number of nitrogens with two attached hydrogens (primary N) is 1. The fourth-order valence-electron chi connectivity index (χ4n) is 1.41. The van der Waals surface area contributed by atoms with Crippen molar-refractivity contribution in [1.29, 1.82) is 0 Å². The molecule has 1 aliphatic heterocycles. The van der Waals surface area contributed by atoms with Crippen LogP contribution in [0, 0.1) is 0 Å². The van der Waals surface area contributed by atoms with Crippen molar-refractivity contribution in [3.63, 3.8) is 0 Å². The molecule has 0 amide bonds. The quantitative estimate of drug-likeness (QED) is 0.591. The molecule has 1 rings (SSSR count). The number of nitrogens with zero attached hydrogens (tertiary/aromatic N) is 2. The lowest BCUT2D eigenvalue weighted by molar-refractivity contribution is 0.122. The van der Waals surface area contributed by atoms with Crippen LogP contribution in [0.1, 0.15) is 6.92 Å². The lowest BCUT2D eigenvalue weighted by Crippen LogP contribution is -2.50. The Hall–Kier alpha value is -0.120. The first-order chi connectivity index (χ1) is 5.24. The highest BCUT2D eigenvalue weighted by atomic mass is 15.3. The second-order valence-electron chi connectivity index (χ2n) is 3.42. The zero-order valence-electron chi connectivity index (χ0n) is 7.58. The normalized spacial score (nSPS) is 25.4. The van der Waals surface area contributed by atoms with Crippen molar-refractivity contribution < 1.29 is 0 Å². The maximum absolute atomic E-state index is 5.58. The van der Waals surface area contributed by atoms with E-state index in [1.807, 2.05) is 0 Å². The molecule has 2 N–H and O–H groups in total. The van der Waals surface area contributed by atoms with Crippen molar-refractivity contribution in [1.82, 2.24) is 9.80 Å². The van der Waals surface area contributed by atoms with Gasteiger partial charge in [-0.25, -0.2) is 0 Å². The number of rotatable bonds is 2. The van der Waals surface area contributed by atoms with Gasteiger partial charge in [0, 0.05) is 38.8 Å². The minimum absolute atomic E-state index is 0.559.